The van der Waals surface area contributed by atoms with Crippen molar-refractivity contribution < 1.29 is 4.79 Å². The first-order valence-corrected chi connectivity index (χ1v) is 10.2. The van der Waals surface area contributed by atoms with E-state index in [-0.39, 0.29) is 18.0 Å². The van der Waals surface area contributed by atoms with Gasteiger partial charge in [-0.1, -0.05) is 18.5 Å². The molecule has 0 fully saturated rings. The van der Waals surface area contributed by atoms with Crippen LogP contribution in [0.15, 0.2) is 29.3 Å². The average molecular weight is 402 g/mol. The second kappa shape index (κ2) is 7.09. The first-order chi connectivity index (χ1) is 12.9. The van der Waals surface area contributed by atoms with Gasteiger partial charge in [0.2, 0.25) is 5.91 Å². The highest BCUT2D eigenvalue weighted by molar-refractivity contribution is 7.18. The number of aromatic nitrogens is 2. The van der Waals surface area contributed by atoms with Crippen molar-refractivity contribution in [1.82, 2.24) is 9.55 Å². The number of nitrogens with one attached hydrogen (secondary N) is 1. The largest absolute Gasteiger partial charge is 0.324 e. The summed E-state index contributed by atoms with van der Waals surface area (Å²) in [6, 6.07) is 5.27. The molecule has 7 heteroatoms. The van der Waals surface area contributed by atoms with Gasteiger partial charge in [0.05, 0.1) is 11.7 Å². The first kappa shape index (κ1) is 18.2. The molecule has 1 atom stereocenters. The zero-order valence-corrected chi connectivity index (χ0v) is 16.8. The molecule has 5 nitrogen and oxygen atoms in total. The predicted octanol–water partition coefficient (Wildman–Crippen LogP) is 4.18. The van der Waals surface area contributed by atoms with Gasteiger partial charge in [0.15, 0.2) is 0 Å². The Morgan fingerprint density at radius 1 is 1.44 bits per heavy atom. The molecule has 4 rings (SSSR count). The fourth-order valence-corrected chi connectivity index (χ4v) is 5.16. The van der Waals surface area contributed by atoms with Crippen molar-refractivity contribution in [2.24, 2.45) is 5.92 Å². The molecule has 0 aliphatic heterocycles. The molecule has 1 N–H and O–H groups in total. The molecule has 2 heterocycles. The molecule has 2 aromatic heterocycles. The molecule has 0 saturated heterocycles. The van der Waals surface area contributed by atoms with Crippen LogP contribution in [0.25, 0.3) is 10.2 Å². The molecule has 0 radical (unpaired) electrons. The normalized spacial score (nSPS) is 16.3. The van der Waals surface area contributed by atoms with Crippen LogP contribution < -0.4 is 10.9 Å². The number of aryl methyl sites for hydroxylation is 2. The predicted molar refractivity (Wildman–Crippen MR) is 110 cm³/mol. The van der Waals surface area contributed by atoms with E-state index in [9.17, 15) is 9.59 Å². The lowest BCUT2D eigenvalue weighted by atomic mass is 9.89. The summed E-state index contributed by atoms with van der Waals surface area (Å²) < 4.78 is 1.40. The number of carbonyl (C=O) groups is 1. The molecule has 27 heavy (non-hydrogen) atoms. The number of anilines is 1. The smallest absolute Gasteiger partial charge is 0.262 e. The minimum Gasteiger partial charge on any atom is -0.324 e. The molecular weight excluding hydrogens is 382 g/mol. The van der Waals surface area contributed by atoms with Crippen LogP contribution in [0, 0.1) is 12.8 Å². The molecule has 1 aromatic carbocycles. The number of thiophene rings is 1. The van der Waals surface area contributed by atoms with Gasteiger partial charge in [-0.15, -0.1) is 11.3 Å². The molecule has 0 saturated carbocycles. The van der Waals surface area contributed by atoms with Crippen molar-refractivity contribution in [1.29, 1.82) is 0 Å². The maximum Gasteiger partial charge on any atom is 0.262 e. The van der Waals surface area contributed by atoms with Gasteiger partial charge in [-0.25, -0.2) is 4.98 Å². The molecule has 3 aromatic rings. The van der Waals surface area contributed by atoms with E-state index in [1.54, 1.807) is 29.5 Å². The van der Waals surface area contributed by atoms with Crippen LogP contribution >= 0.6 is 22.9 Å². The van der Waals surface area contributed by atoms with Crippen LogP contribution in [0.2, 0.25) is 5.02 Å². The number of carbonyl (C=O) groups excluding carboxylic acids is 1. The third-order valence-corrected chi connectivity index (χ3v) is 6.46. The van der Waals surface area contributed by atoms with Crippen molar-refractivity contribution in [3.05, 3.63) is 55.9 Å². The van der Waals surface area contributed by atoms with Crippen LogP contribution in [-0.2, 0) is 24.2 Å². The number of fused-ring (bicyclic) bond motifs is 3. The summed E-state index contributed by atoms with van der Waals surface area (Å²) in [7, 11) is 0. The van der Waals surface area contributed by atoms with Crippen LogP contribution in [0.1, 0.15) is 29.3 Å². The summed E-state index contributed by atoms with van der Waals surface area (Å²) in [6.07, 6.45) is 4.48. The quantitative estimate of drug-likeness (QED) is 0.715. The summed E-state index contributed by atoms with van der Waals surface area (Å²) in [4.78, 5) is 31.9. The van der Waals surface area contributed by atoms with Crippen LogP contribution in [-0.4, -0.2) is 15.5 Å². The second-order valence-corrected chi connectivity index (χ2v) is 8.74. The Bertz CT molecular complexity index is 1100. The Kier molecular flexibility index (Phi) is 4.78. The molecule has 0 bridgehead atoms. The van der Waals surface area contributed by atoms with Gasteiger partial charge < -0.3 is 5.32 Å². The number of rotatable bonds is 3. The van der Waals surface area contributed by atoms with E-state index in [1.807, 2.05) is 6.92 Å². The topological polar surface area (TPSA) is 64.0 Å². The SMILES string of the molecule is Cc1cc(Cl)ccc1NC(=O)Cn1cnc2sc3c(c2c1=O)CC[C@H](C)C3. The number of amides is 1. The van der Waals surface area contributed by atoms with E-state index >= 15 is 0 Å². The molecule has 1 aliphatic rings. The lowest BCUT2D eigenvalue weighted by Crippen LogP contribution is -2.28. The molecule has 140 valence electrons. The highest BCUT2D eigenvalue weighted by Gasteiger charge is 2.23. The number of benzene rings is 1. The van der Waals surface area contributed by atoms with Gasteiger partial charge >= 0.3 is 0 Å². The van der Waals surface area contributed by atoms with Gasteiger partial charge in [0.1, 0.15) is 11.4 Å². The van der Waals surface area contributed by atoms with E-state index < -0.39 is 0 Å². The zero-order chi connectivity index (χ0) is 19.1. The van der Waals surface area contributed by atoms with Gasteiger partial charge in [-0.3, -0.25) is 14.2 Å². The monoisotopic (exact) mass is 401 g/mol. The Hall–Kier alpha value is -2.18. The van der Waals surface area contributed by atoms with Crippen LogP contribution in [0.5, 0.6) is 0 Å². The summed E-state index contributed by atoms with van der Waals surface area (Å²) in [6.45, 7) is 4.05. The third-order valence-electron chi connectivity index (χ3n) is 5.06. The molecule has 1 aliphatic carbocycles. The van der Waals surface area contributed by atoms with Crippen molar-refractivity contribution in [2.45, 2.75) is 39.7 Å². The van der Waals surface area contributed by atoms with E-state index in [0.29, 0.717) is 22.0 Å². The fourth-order valence-electron chi connectivity index (χ4n) is 3.59. The van der Waals surface area contributed by atoms with Gasteiger partial charge in [0.25, 0.3) is 5.56 Å². The zero-order valence-electron chi connectivity index (χ0n) is 15.2. The Balaban J connectivity index is 1.61. The molecule has 0 spiro atoms. The van der Waals surface area contributed by atoms with E-state index in [0.717, 1.165) is 35.2 Å². The Morgan fingerprint density at radius 2 is 2.26 bits per heavy atom. The highest BCUT2D eigenvalue weighted by atomic mass is 35.5. The van der Waals surface area contributed by atoms with Crippen molar-refractivity contribution in [3.8, 4) is 0 Å². The standard InChI is InChI=1S/C20H20ClN3O2S/c1-11-3-5-14-16(7-11)27-19-18(14)20(26)24(10-22-19)9-17(25)23-15-6-4-13(21)8-12(15)2/h4,6,8,10-11H,3,5,7,9H2,1-2H3,(H,23,25)/t11-/m0/s1. The number of hydrogen-bond acceptors (Lipinski definition) is 4. The van der Waals surface area contributed by atoms with E-state index in [1.165, 1.54) is 15.8 Å². The summed E-state index contributed by atoms with van der Waals surface area (Å²) >= 11 is 7.56. The molecule has 1 amide bonds. The number of halogens is 1. The lowest BCUT2D eigenvalue weighted by molar-refractivity contribution is -0.116. The average Bonchev–Trinajstić information content (AvgIpc) is 2.98. The van der Waals surface area contributed by atoms with Gasteiger partial charge in [0, 0.05) is 15.6 Å². The maximum atomic E-state index is 13.0. The second-order valence-electron chi connectivity index (χ2n) is 7.22. The minimum atomic E-state index is -0.263. The van der Waals surface area contributed by atoms with Crippen LogP contribution in [0.4, 0.5) is 5.69 Å². The number of nitrogens with zero attached hydrogens (tertiary/aromatic N) is 2. The first-order valence-electron chi connectivity index (χ1n) is 8.98. The molecular formula is C20H20ClN3O2S. The summed E-state index contributed by atoms with van der Waals surface area (Å²) in [5, 5.41) is 4.15. The van der Waals surface area contributed by atoms with E-state index in [4.69, 9.17) is 11.6 Å². The van der Waals surface area contributed by atoms with E-state index in [2.05, 4.69) is 17.2 Å². The van der Waals surface area contributed by atoms with Crippen molar-refractivity contribution in [2.75, 3.05) is 5.32 Å². The minimum absolute atomic E-state index is 0.0646. The third kappa shape index (κ3) is 3.51. The van der Waals surface area contributed by atoms with Gasteiger partial charge in [-0.2, -0.15) is 0 Å². The van der Waals surface area contributed by atoms with Gasteiger partial charge in [-0.05, 0) is 61.4 Å². The highest BCUT2D eigenvalue weighted by Crippen LogP contribution is 2.35. The summed E-state index contributed by atoms with van der Waals surface area (Å²) in [5.74, 6) is 0.377. The van der Waals surface area contributed by atoms with Crippen LogP contribution in [0.3, 0.4) is 0 Å². The lowest BCUT2D eigenvalue weighted by Gasteiger charge is -2.17. The Labute approximate surface area is 166 Å². The summed E-state index contributed by atoms with van der Waals surface area (Å²) in [5.41, 5.74) is 2.56. The Morgan fingerprint density at radius 3 is 3.04 bits per heavy atom. The number of hydrogen-bond donors (Lipinski definition) is 1. The fraction of sp³-hybridized carbons (Fsp3) is 0.350. The maximum absolute atomic E-state index is 13.0. The van der Waals surface area contributed by atoms with Crippen molar-refractivity contribution >= 4 is 44.7 Å². The van der Waals surface area contributed by atoms with Crippen molar-refractivity contribution in [3.63, 3.8) is 0 Å². The molecule has 0 unspecified atom stereocenters.